The monoisotopic (exact) mass is 375 g/mol. The minimum absolute atomic E-state index is 0.0522. The molecular formula is C18H14ClNO4S. The van der Waals surface area contributed by atoms with E-state index in [1.807, 2.05) is 0 Å². The van der Waals surface area contributed by atoms with Gasteiger partial charge in [0.1, 0.15) is 18.1 Å². The number of hydrogen-bond donors (Lipinski definition) is 1. The highest BCUT2D eigenvalue weighted by molar-refractivity contribution is 8.18. The van der Waals surface area contributed by atoms with Crippen molar-refractivity contribution in [3.8, 4) is 11.5 Å². The zero-order valence-electron chi connectivity index (χ0n) is 13.0. The first-order valence-electron chi connectivity index (χ1n) is 7.47. The SMILES string of the molecule is O=C1S/C(=C\c2ccccc2O)C(=O)N1CCOc1ccccc1Cl. The quantitative estimate of drug-likeness (QED) is 0.795. The summed E-state index contributed by atoms with van der Waals surface area (Å²) in [5, 5.41) is 9.89. The molecule has 0 radical (unpaired) electrons. The van der Waals surface area contributed by atoms with Crippen molar-refractivity contribution in [1.82, 2.24) is 4.90 Å². The van der Waals surface area contributed by atoms with Crippen LogP contribution in [0.1, 0.15) is 5.56 Å². The van der Waals surface area contributed by atoms with Gasteiger partial charge in [0.2, 0.25) is 0 Å². The number of ether oxygens (including phenoxy) is 1. The molecule has 0 atom stereocenters. The van der Waals surface area contributed by atoms with E-state index in [1.165, 1.54) is 12.1 Å². The fourth-order valence-corrected chi connectivity index (χ4v) is 3.30. The molecule has 1 heterocycles. The Kier molecular flexibility index (Phi) is 5.31. The summed E-state index contributed by atoms with van der Waals surface area (Å²) in [4.78, 5) is 25.8. The number of carbonyl (C=O) groups excluding carboxylic acids is 2. The number of phenolic OH excluding ortho intramolecular Hbond substituents is 1. The van der Waals surface area contributed by atoms with Crippen molar-refractivity contribution < 1.29 is 19.4 Å². The van der Waals surface area contributed by atoms with Crippen LogP contribution < -0.4 is 4.74 Å². The second kappa shape index (κ2) is 7.63. The Morgan fingerprint density at radius 2 is 1.84 bits per heavy atom. The number of benzene rings is 2. The largest absolute Gasteiger partial charge is 0.507 e. The molecule has 1 aliphatic heterocycles. The number of rotatable bonds is 5. The lowest BCUT2D eigenvalue weighted by Crippen LogP contribution is -2.32. The molecule has 0 saturated carbocycles. The zero-order chi connectivity index (χ0) is 17.8. The van der Waals surface area contributed by atoms with Gasteiger partial charge in [0.15, 0.2) is 0 Å². The van der Waals surface area contributed by atoms with Gasteiger partial charge in [-0.3, -0.25) is 14.5 Å². The minimum Gasteiger partial charge on any atom is -0.507 e. The smallest absolute Gasteiger partial charge is 0.293 e. The van der Waals surface area contributed by atoms with Gasteiger partial charge >= 0.3 is 0 Å². The first kappa shape index (κ1) is 17.4. The highest BCUT2D eigenvalue weighted by Gasteiger charge is 2.34. The molecule has 2 aromatic rings. The molecule has 3 rings (SSSR count). The van der Waals surface area contributed by atoms with Crippen molar-refractivity contribution in [3.63, 3.8) is 0 Å². The van der Waals surface area contributed by atoms with Gasteiger partial charge in [-0.15, -0.1) is 0 Å². The van der Waals surface area contributed by atoms with Crippen LogP contribution in [0.25, 0.3) is 6.08 Å². The second-order valence-electron chi connectivity index (χ2n) is 5.17. The molecule has 1 N–H and O–H groups in total. The Morgan fingerprint density at radius 1 is 1.12 bits per heavy atom. The molecule has 128 valence electrons. The molecule has 2 amide bonds. The lowest BCUT2D eigenvalue weighted by Gasteiger charge is -2.13. The van der Waals surface area contributed by atoms with E-state index in [9.17, 15) is 14.7 Å². The van der Waals surface area contributed by atoms with Crippen LogP contribution in [0.15, 0.2) is 53.4 Å². The number of phenols is 1. The Balaban J connectivity index is 1.66. The average Bonchev–Trinajstić information content (AvgIpc) is 2.86. The molecule has 0 spiro atoms. The van der Waals surface area contributed by atoms with Crippen molar-refractivity contribution in [2.45, 2.75) is 0 Å². The van der Waals surface area contributed by atoms with E-state index in [1.54, 1.807) is 42.5 Å². The molecule has 0 aliphatic carbocycles. The van der Waals surface area contributed by atoms with Crippen molar-refractivity contribution in [1.29, 1.82) is 0 Å². The summed E-state index contributed by atoms with van der Waals surface area (Å²) in [7, 11) is 0. The first-order valence-corrected chi connectivity index (χ1v) is 8.66. The second-order valence-corrected chi connectivity index (χ2v) is 6.57. The molecule has 1 fully saturated rings. The molecule has 0 aromatic heterocycles. The maximum atomic E-state index is 12.4. The van der Waals surface area contributed by atoms with E-state index in [0.717, 1.165) is 16.7 Å². The maximum Gasteiger partial charge on any atom is 0.293 e. The highest BCUT2D eigenvalue weighted by Crippen LogP contribution is 2.33. The summed E-state index contributed by atoms with van der Waals surface area (Å²) in [6.45, 7) is 0.264. The van der Waals surface area contributed by atoms with Crippen molar-refractivity contribution in [2.24, 2.45) is 0 Å². The lowest BCUT2D eigenvalue weighted by molar-refractivity contribution is -0.123. The van der Waals surface area contributed by atoms with Gasteiger partial charge in [-0.1, -0.05) is 41.9 Å². The number of nitrogens with zero attached hydrogens (tertiary/aromatic N) is 1. The van der Waals surface area contributed by atoms with Crippen LogP contribution in [0.3, 0.4) is 0 Å². The Morgan fingerprint density at radius 3 is 2.60 bits per heavy atom. The predicted molar refractivity (Wildman–Crippen MR) is 97.7 cm³/mol. The average molecular weight is 376 g/mol. The van der Waals surface area contributed by atoms with Crippen LogP contribution in [-0.2, 0) is 4.79 Å². The van der Waals surface area contributed by atoms with Gasteiger partial charge in [0, 0.05) is 5.56 Å². The van der Waals surface area contributed by atoms with Crippen LogP contribution in [-0.4, -0.2) is 34.3 Å². The fraction of sp³-hybridized carbons (Fsp3) is 0.111. The van der Waals surface area contributed by atoms with Gasteiger partial charge in [0.05, 0.1) is 16.5 Å². The van der Waals surface area contributed by atoms with E-state index in [2.05, 4.69) is 0 Å². The number of halogens is 1. The summed E-state index contributed by atoms with van der Waals surface area (Å²) in [5.41, 5.74) is 0.486. The molecule has 0 bridgehead atoms. The van der Waals surface area contributed by atoms with Crippen molar-refractivity contribution in [3.05, 3.63) is 64.0 Å². The molecule has 25 heavy (non-hydrogen) atoms. The summed E-state index contributed by atoms with van der Waals surface area (Å²) >= 11 is 6.84. The number of aromatic hydroxyl groups is 1. The number of hydrogen-bond acceptors (Lipinski definition) is 5. The minimum atomic E-state index is -0.402. The van der Waals surface area contributed by atoms with Gasteiger partial charge in [-0.05, 0) is 36.0 Å². The summed E-state index contributed by atoms with van der Waals surface area (Å²) in [6.07, 6.45) is 1.51. The van der Waals surface area contributed by atoms with Gasteiger partial charge in [-0.25, -0.2) is 0 Å². The third-order valence-corrected chi connectivity index (χ3v) is 4.73. The van der Waals surface area contributed by atoms with E-state index < -0.39 is 5.91 Å². The normalized spacial score (nSPS) is 15.9. The third kappa shape index (κ3) is 3.97. The van der Waals surface area contributed by atoms with Crippen LogP contribution in [0.5, 0.6) is 11.5 Å². The number of imide groups is 1. The van der Waals surface area contributed by atoms with Crippen LogP contribution in [0, 0.1) is 0 Å². The Labute approximate surface area is 153 Å². The van der Waals surface area contributed by atoms with E-state index >= 15 is 0 Å². The Bertz CT molecular complexity index is 852. The molecule has 5 nitrogen and oxygen atoms in total. The molecular weight excluding hydrogens is 362 g/mol. The fourth-order valence-electron chi connectivity index (χ4n) is 2.25. The third-order valence-electron chi connectivity index (χ3n) is 3.51. The summed E-state index contributed by atoms with van der Waals surface area (Å²) in [5.74, 6) is 0.151. The van der Waals surface area contributed by atoms with Crippen LogP contribution >= 0.6 is 23.4 Å². The number of carbonyl (C=O) groups is 2. The van der Waals surface area contributed by atoms with E-state index in [0.29, 0.717) is 16.3 Å². The predicted octanol–water partition coefficient (Wildman–Crippen LogP) is 4.16. The van der Waals surface area contributed by atoms with E-state index in [-0.39, 0.29) is 29.0 Å². The lowest BCUT2D eigenvalue weighted by atomic mass is 10.2. The molecule has 0 unspecified atom stereocenters. The first-order chi connectivity index (χ1) is 12.1. The van der Waals surface area contributed by atoms with Crippen molar-refractivity contribution >= 4 is 40.6 Å². The highest BCUT2D eigenvalue weighted by atomic mass is 35.5. The number of para-hydroxylation sites is 2. The van der Waals surface area contributed by atoms with E-state index in [4.69, 9.17) is 16.3 Å². The number of thioether (sulfide) groups is 1. The Hall–Kier alpha value is -2.44. The maximum absolute atomic E-state index is 12.4. The van der Waals surface area contributed by atoms with Crippen molar-refractivity contribution in [2.75, 3.05) is 13.2 Å². The standard InChI is InChI=1S/C18H14ClNO4S/c19-13-6-2-4-8-15(13)24-10-9-20-17(22)16(25-18(20)23)11-12-5-1-3-7-14(12)21/h1-8,11,21H,9-10H2/b16-11-. The molecule has 1 aliphatic rings. The molecule has 7 heteroatoms. The summed E-state index contributed by atoms with van der Waals surface area (Å²) in [6, 6.07) is 13.6. The molecule has 2 aromatic carbocycles. The van der Waals surface area contributed by atoms with Gasteiger partial charge in [0.25, 0.3) is 11.1 Å². The van der Waals surface area contributed by atoms with Crippen LogP contribution in [0.4, 0.5) is 4.79 Å². The topological polar surface area (TPSA) is 66.8 Å². The molecule has 1 saturated heterocycles. The number of amides is 2. The zero-order valence-corrected chi connectivity index (χ0v) is 14.6. The van der Waals surface area contributed by atoms with Crippen LogP contribution in [0.2, 0.25) is 5.02 Å². The van der Waals surface area contributed by atoms with Gasteiger partial charge < -0.3 is 9.84 Å². The summed E-state index contributed by atoms with van der Waals surface area (Å²) < 4.78 is 5.52. The van der Waals surface area contributed by atoms with Gasteiger partial charge in [-0.2, -0.15) is 0 Å².